The Bertz CT molecular complexity index is 1150. The molecule has 1 fully saturated rings. The number of carbonyl (C=O) groups excluding carboxylic acids is 1. The monoisotopic (exact) mass is 488 g/mol. The van der Waals surface area contributed by atoms with Crippen LogP contribution in [0.1, 0.15) is 21.6 Å². The van der Waals surface area contributed by atoms with Gasteiger partial charge in [-0.05, 0) is 48.4 Å². The number of aryl methyl sites for hydroxylation is 1. The molecule has 0 N–H and O–H groups in total. The number of benzene rings is 2. The third-order valence-corrected chi connectivity index (χ3v) is 6.32. The van der Waals surface area contributed by atoms with E-state index in [4.69, 9.17) is 32.7 Å². The molecule has 172 valence electrons. The standard InChI is InChI=1S/C25H23Cl2FN2O3/c1-16-23(33-11-8-20-21(26)6-7-22(28)24(20)27)14-19(15-29-16)17-2-4-18(5-3-17)25(31)30-9-12-32-13-10-30/h2-7,14-15H,8-13H2,1H3. The van der Waals surface area contributed by atoms with Gasteiger partial charge < -0.3 is 14.4 Å². The number of carbonyl (C=O) groups is 1. The van der Waals surface area contributed by atoms with Gasteiger partial charge in [0.25, 0.3) is 5.91 Å². The molecule has 0 atom stereocenters. The molecule has 2 aromatic carbocycles. The lowest BCUT2D eigenvalue weighted by atomic mass is 10.0. The van der Waals surface area contributed by atoms with Crippen molar-refractivity contribution in [3.8, 4) is 16.9 Å². The normalized spacial score (nSPS) is 13.8. The van der Waals surface area contributed by atoms with Crippen molar-refractivity contribution in [2.45, 2.75) is 13.3 Å². The van der Waals surface area contributed by atoms with Crippen LogP contribution >= 0.6 is 23.2 Å². The van der Waals surface area contributed by atoms with Crippen LogP contribution in [0.15, 0.2) is 48.7 Å². The number of halogens is 3. The van der Waals surface area contributed by atoms with Crippen molar-refractivity contribution in [2.75, 3.05) is 32.9 Å². The Labute approximate surface area is 202 Å². The lowest BCUT2D eigenvalue weighted by Gasteiger charge is -2.26. The van der Waals surface area contributed by atoms with E-state index >= 15 is 0 Å². The van der Waals surface area contributed by atoms with Crippen LogP contribution in [0, 0.1) is 12.7 Å². The molecule has 0 radical (unpaired) electrons. The van der Waals surface area contributed by atoms with Gasteiger partial charge in [-0.15, -0.1) is 0 Å². The first-order valence-corrected chi connectivity index (χ1v) is 11.4. The number of rotatable bonds is 6. The molecule has 1 amide bonds. The van der Waals surface area contributed by atoms with Crippen LogP contribution in [0.4, 0.5) is 4.39 Å². The van der Waals surface area contributed by atoms with Crippen molar-refractivity contribution in [1.29, 1.82) is 0 Å². The number of hydrogen-bond donors (Lipinski definition) is 0. The molecule has 0 bridgehead atoms. The molecule has 4 rings (SSSR count). The number of ether oxygens (including phenoxy) is 2. The topological polar surface area (TPSA) is 51.7 Å². The van der Waals surface area contributed by atoms with Crippen LogP contribution in [0.5, 0.6) is 5.75 Å². The van der Waals surface area contributed by atoms with Crippen LogP contribution in [0.3, 0.4) is 0 Å². The molecule has 33 heavy (non-hydrogen) atoms. The van der Waals surface area contributed by atoms with Gasteiger partial charge in [-0.3, -0.25) is 9.78 Å². The van der Waals surface area contributed by atoms with Gasteiger partial charge in [0.2, 0.25) is 0 Å². The van der Waals surface area contributed by atoms with E-state index in [-0.39, 0.29) is 17.5 Å². The Morgan fingerprint density at radius 1 is 1.12 bits per heavy atom. The summed E-state index contributed by atoms with van der Waals surface area (Å²) in [7, 11) is 0. The Balaban J connectivity index is 1.45. The summed E-state index contributed by atoms with van der Waals surface area (Å²) in [5.74, 6) is 0.113. The summed E-state index contributed by atoms with van der Waals surface area (Å²) in [5, 5.41) is 0.418. The number of hydrogen-bond acceptors (Lipinski definition) is 4. The molecule has 1 aliphatic heterocycles. The van der Waals surface area contributed by atoms with Crippen molar-refractivity contribution in [2.24, 2.45) is 0 Å². The van der Waals surface area contributed by atoms with Gasteiger partial charge in [0, 0.05) is 41.9 Å². The van der Waals surface area contributed by atoms with E-state index in [1.807, 2.05) is 37.3 Å². The molecule has 3 aromatic rings. The number of aromatic nitrogens is 1. The van der Waals surface area contributed by atoms with Crippen molar-refractivity contribution in [1.82, 2.24) is 9.88 Å². The number of amides is 1. The zero-order valence-electron chi connectivity index (χ0n) is 18.1. The molecule has 0 unspecified atom stereocenters. The summed E-state index contributed by atoms with van der Waals surface area (Å²) in [4.78, 5) is 18.9. The van der Waals surface area contributed by atoms with Crippen LogP contribution < -0.4 is 4.74 Å². The Morgan fingerprint density at radius 3 is 2.58 bits per heavy atom. The molecule has 0 aliphatic carbocycles. The lowest BCUT2D eigenvalue weighted by molar-refractivity contribution is 0.0303. The summed E-state index contributed by atoms with van der Waals surface area (Å²) in [5.41, 5.74) is 3.67. The fourth-order valence-corrected chi connectivity index (χ4v) is 4.19. The van der Waals surface area contributed by atoms with E-state index in [1.165, 1.54) is 12.1 Å². The first kappa shape index (κ1) is 23.5. The van der Waals surface area contributed by atoms with Crippen LogP contribution in [-0.2, 0) is 11.2 Å². The molecule has 1 aliphatic rings. The lowest BCUT2D eigenvalue weighted by Crippen LogP contribution is -2.40. The van der Waals surface area contributed by atoms with E-state index in [1.54, 1.807) is 11.1 Å². The second-order valence-corrected chi connectivity index (χ2v) is 8.49. The minimum atomic E-state index is -0.508. The molecular formula is C25H23Cl2FN2O3. The molecule has 2 heterocycles. The molecule has 1 saturated heterocycles. The molecule has 1 aromatic heterocycles. The number of pyridine rings is 1. The van der Waals surface area contributed by atoms with Gasteiger partial charge in [0.05, 0.1) is 30.5 Å². The SMILES string of the molecule is Cc1ncc(-c2ccc(C(=O)N3CCOCC3)cc2)cc1OCCc1c(Cl)ccc(F)c1Cl. The maximum absolute atomic E-state index is 13.7. The second-order valence-electron chi connectivity index (χ2n) is 7.71. The fraction of sp³-hybridized carbons (Fsp3) is 0.280. The highest BCUT2D eigenvalue weighted by Gasteiger charge is 2.18. The molecule has 0 spiro atoms. The van der Waals surface area contributed by atoms with E-state index in [2.05, 4.69) is 4.98 Å². The Hall–Kier alpha value is -2.67. The van der Waals surface area contributed by atoms with Gasteiger partial charge >= 0.3 is 0 Å². The summed E-state index contributed by atoms with van der Waals surface area (Å²) in [6.07, 6.45) is 2.12. The van der Waals surface area contributed by atoms with Gasteiger partial charge in [0.1, 0.15) is 11.6 Å². The van der Waals surface area contributed by atoms with E-state index < -0.39 is 5.82 Å². The molecule has 8 heteroatoms. The minimum absolute atomic E-state index is 0.00516. The van der Waals surface area contributed by atoms with Gasteiger partial charge in [-0.25, -0.2) is 4.39 Å². The summed E-state index contributed by atoms with van der Waals surface area (Å²) in [6.45, 7) is 4.47. The van der Waals surface area contributed by atoms with E-state index in [0.29, 0.717) is 54.6 Å². The van der Waals surface area contributed by atoms with Gasteiger partial charge in [-0.1, -0.05) is 35.3 Å². The minimum Gasteiger partial charge on any atom is -0.491 e. The van der Waals surface area contributed by atoms with Crippen molar-refractivity contribution < 1.29 is 18.7 Å². The highest BCUT2D eigenvalue weighted by Crippen LogP contribution is 2.29. The smallest absolute Gasteiger partial charge is 0.254 e. The zero-order valence-corrected chi connectivity index (χ0v) is 19.6. The van der Waals surface area contributed by atoms with Crippen LogP contribution in [-0.4, -0.2) is 48.7 Å². The predicted octanol–water partition coefficient (Wildman–Crippen LogP) is 5.60. The first-order chi connectivity index (χ1) is 15.9. The number of nitrogens with zero attached hydrogens (tertiary/aromatic N) is 2. The Morgan fingerprint density at radius 2 is 1.85 bits per heavy atom. The number of morpholine rings is 1. The molecular weight excluding hydrogens is 466 g/mol. The third-order valence-electron chi connectivity index (χ3n) is 5.55. The van der Waals surface area contributed by atoms with Crippen molar-refractivity contribution >= 4 is 29.1 Å². The largest absolute Gasteiger partial charge is 0.491 e. The average molecular weight is 489 g/mol. The fourth-order valence-electron chi connectivity index (χ4n) is 3.63. The Kier molecular flexibility index (Phi) is 7.48. The van der Waals surface area contributed by atoms with Gasteiger partial charge in [-0.2, -0.15) is 0 Å². The third kappa shape index (κ3) is 5.46. The highest BCUT2D eigenvalue weighted by molar-refractivity contribution is 6.36. The first-order valence-electron chi connectivity index (χ1n) is 10.6. The van der Waals surface area contributed by atoms with E-state index in [9.17, 15) is 9.18 Å². The summed E-state index contributed by atoms with van der Waals surface area (Å²) in [6, 6.07) is 12.1. The maximum atomic E-state index is 13.7. The molecule has 5 nitrogen and oxygen atoms in total. The highest BCUT2D eigenvalue weighted by atomic mass is 35.5. The summed E-state index contributed by atoms with van der Waals surface area (Å²) < 4.78 is 25.0. The van der Waals surface area contributed by atoms with E-state index in [0.717, 1.165) is 16.8 Å². The van der Waals surface area contributed by atoms with Crippen molar-refractivity contribution in [3.63, 3.8) is 0 Å². The predicted molar refractivity (Wildman–Crippen MR) is 127 cm³/mol. The average Bonchev–Trinajstić information content (AvgIpc) is 2.85. The maximum Gasteiger partial charge on any atom is 0.254 e. The quantitative estimate of drug-likeness (QED) is 0.424. The second kappa shape index (κ2) is 10.5. The van der Waals surface area contributed by atoms with Gasteiger partial charge in [0.15, 0.2) is 0 Å². The molecule has 0 saturated carbocycles. The van der Waals surface area contributed by atoms with Crippen LogP contribution in [0.2, 0.25) is 10.0 Å². The van der Waals surface area contributed by atoms with Crippen LogP contribution in [0.25, 0.3) is 11.1 Å². The zero-order chi connectivity index (χ0) is 23.4. The van der Waals surface area contributed by atoms with Crippen molar-refractivity contribution in [3.05, 3.63) is 81.3 Å². The summed E-state index contributed by atoms with van der Waals surface area (Å²) >= 11 is 12.2.